The monoisotopic (exact) mass is 331 g/mol. The van der Waals surface area contributed by atoms with E-state index in [1.165, 1.54) is 0 Å². The van der Waals surface area contributed by atoms with E-state index in [-0.39, 0.29) is 12.5 Å². The van der Waals surface area contributed by atoms with Crippen LogP contribution in [0, 0.1) is 0 Å². The largest absolute Gasteiger partial charge is 0.483 e. The van der Waals surface area contributed by atoms with Crippen molar-refractivity contribution >= 4 is 23.2 Å². The first-order valence-corrected chi connectivity index (χ1v) is 7.99. The maximum atomic E-state index is 12.0. The summed E-state index contributed by atoms with van der Waals surface area (Å²) in [5.74, 6) is 0.420. The Morgan fingerprint density at radius 1 is 1.30 bits per heavy atom. The minimum Gasteiger partial charge on any atom is -0.483 e. The van der Waals surface area contributed by atoms with Crippen LogP contribution in [0.25, 0.3) is 0 Å². The summed E-state index contributed by atoms with van der Waals surface area (Å²) in [5, 5.41) is 13.3. The number of benzene rings is 2. The second kappa shape index (κ2) is 7.02. The van der Waals surface area contributed by atoms with Crippen LogP contribution in [0.3, 0.4) is 0 Å². The number of halogens is 1. The second-order valence-electron chi connectivity index (χ2n) is 5.58. The van der Waals surface area contributed by atoms with Crippen molar-refractivity contribution in [3.8, 4) is 5.75 Å². The van der Waals surface area contributed by atoms with Crippen molar-refractivity contribution in [2.45, 2.75) is 25.4 Å². The average Bonchev–Trinajstić information content (AvgIpc) is 2.53. The van der Waals surface area contributed by atoms with E-state index in [4.69, 9.17) is 16.3 Å². The minimum atomic E-state index is -0.442. The quantitative estimate of drug-likeness (QED) is 0.897. The summed E-state index contributed by atoms with van der Waals surface area (Å²) in [5.41, 5.74) is 2.54. The molecule has 5 heteroatoms. The van der Waals surface area contributed by atoms with Crippen LogP contribution < -0.4 is 10.1 Å². The lowest BCUT2D eigenvalue weighted by molar-refractivity contribution is -0.118. The van der Waals surface area contributed by atoms with E-state index < -0.39 is 6.10 Å². The van der Waals surface area contributed by atoms with Crippen LogP contribution in [0.5, 0.6) is 5.75 Å². The van der Waals surface area contributed by atoms with Gasteiger partial charge in [0.2, 0.25) is 0 Å². The highest BCUT2D eigenvalue weighted by Gasteiger charge is 2.21. The lowest BCUT2D eigenvalue weighted by Gasteiger charge is -2.23. The Hall–Kier alpha value is -2.04. The van der Waals surface area contributed by atoms with Crippen molar-refractivity contribution in [2.75, 3.05) is 11.9 Å². The van der Waals surface area contributed by atoms with Crippen LogP contribution in [0.15, 0.2) is 42.5 Å². The second-order valence-corrected chi connectivity index (χ2v) is 6.02. The maximum Gasteiger partial charge on any atom is 0.262 e. The van der Waals surface area contributed by atoms with E-state index in [0.29, 0.717) is 16.5 Å². The predicted octanol–water partition coefficient (Wildman–Crippen LogP) is 3.73. The zero-order chi connectivity index (χ0) is 16.2. The highest BCUT2D eigenvalue weighted by molar-refractivity contribution is 6.30. The molecule has 4 nitrogen and oxygen atoms in total. The normalized spacial score (nSPS) is 16.5. The van der Waals surface area contributed by atoms with Gasteiger partial charge in [0.25, 0.3) is 5.91 Å². The predicted molar refractivity (Wildman–Crippen MR) is 89.9 cm³/mol. The fourth-order valence-electron chi connectivity index (χ4n) is 2.83. The summed E-state index contributed by atoms with van der Waals surface area (Å²) in [6.45, 7) is -0.0843. The first-order valence-electron chi connectivity index (χ1n) is 7.61. The smallest absolute Gasteiger partial charge is 0.262 e. The van der Waals surface area contributed by atoms with Gasteiger partial charge in [-0.05, 0) is 54.7 Å². The summed E-state index contributed by atoms with van der Waals surface area (Å²) in [4.78, 5) is 12.0. The third-order valence-electron chi connectivity index (χ3n) is 3.90. The molecule has 1 aliphatic carbocycles. The van der Waals surface area contributed by atoms with E-state index in [1.807, 2.05) is 18.2 Å². The number of rotatable bonds is 4. The summed E-state index contributed by atoms with van der Waals surface area (Å²) < 4.78 is 5.66. The summed E-state index contributed by atoms with van der Waals surface area (Å²) >= 11 is 5.89. The van der Waals surface area contributed by atoms with Crippen molar-refractivity contribution in [2.24, 2.45) is 0 Å². The Balaban J connectivity index is 1.64. The molecule has 0 spiro atoms. The minimum absolute atomic E-state index is 0.0843. The molecule has 2 N–H and O–H groups in total. The van der Waals surface area contributed by atoms with Gasteiger partial charge >= 0.3 is 0 Å². The first-order chi connectivity index (χ1) is 11.1. The van der Waals surface area contributed by atoms with Crippen molar-refractivity contribution < 1.29 is 14.6 Å². The van der Waals surface area contributed by atoms with Crippen molar-refractivity contribution in [1.29, 1.82) is 0 Å². The fraction of sp³-hybridized carbons (Fsp3) is 0.278. The molecule has 0 aromatic heterocycles. The number of fused-ring (bicyclic) bond motifs is 1. The Morgan fingerprint density at radius 2 is 2.13 bits per heavy atom. The molecule has 2 aromatic rings. The Morgan fingerprint density at radius 3 is 2.96 bits per heavy atom. The molecule has 120 valence electrons. The zero-order valence-corrected chi connectivity index (χ0v) is 13.3. The number of nitrogens with one attached hydrogen (secondary N) is 1. The molecule has 0 radical (unpaired) electrons. The van der Waals surface area contributed by atoms with Crippen molar-refractivity contribution in [1.82, 2.24) is 0 Å². The van der Waals surface area contributed by atoms with Gasteiger partial charge in [-0.1, -0.05) is 29.8 Å². The molecular weight excluding hydrogens is 314 g/mol. The summed E-state index contributed by atoms with van der Waals surface area (Å²) in [6.07, 6.45) is 2.11. The van der Waals surface area contributed by atoms with Gasteiger partial charge in [-0.25, -0.2) is 0 Å². The molecule has 3 rings (SSSR count). The SMILES string of the molecule is O=C(COc1cccc2c1CCCC2O)Nc1cccc(Cl)c1. The Kier molecular flexibility index (Phi) is 4.84. The van der Waals surface area contributed by atoms with Gasteiger partial charge in [-0.2, -0.15) is 0 Å². The average molecular weight is 332 g/mol. The number of aliphatic hydroxyl groups excluding tert-OH is 1. The molecule has 0 fully saturated rings. The van der Waals surface area contributed by atoms with Gasteiger partial charge < -0.3 is 15.2 Å². The molecule has 23 heavy (non-hydrogen) atoms. The first kappa shape index (κ1) is 15.8. The van der Waals surface area contributed by atoms with E-state index in [0.717, 1.165) is 30.4 Å². The van der Waals surface area contributed by atoms with E-state index >= 15 is 0 Å². The van der Waals surface area contributed by atoms with Crippen LogP contribution in [0.2, 0.25) is 5.02 Å². The van der Waals surface area contributed by atoms with Gasteiger partial charge in [0, 0.05) is 10.7 Å². The number of amides is 1. The van der Waals surface area contributed by atoms with Crippen LogP contribution in [-0.4, -0.2) is 17.6 Å². The molecule has 0 bridgehead atoms. The Bertz CT molecular complexity index is 717. The topological polar surface area (TPSA) is 58.6 Å². The molecule has 2 aromatic carbocycles. The number of carbonyl (C=O) groups is 1. The third kappa shape index (κ3) is 3.84. The van der Waals surface area contributed by atoms with E-state index in [9.17, 15) is 9.90 Å². The number of ether oxygens (including phenoxy) is 1. The fourth-order valence-corrected chi connectivity index (χ4v) is 3.02. The van der Waals surface area contributed by atoms with Crippen molar-refractivity contribution in [3.05, 3.63) is 58.6 Å². The van der Waals surface area contributed by atoms with Gasteiger partial charge in [0.1, 0.15) is 5.75 Å². The molecule has 1 aliphatic rings. The molecule has 0 heterocycles. The maximum absolute atomic E-state index is 12.0. The van der Waals surface area contributed by atoms with Gasteiger partial charge in [-0.15, -0.1) is 0 Å². The lowest BCUT2D eigenvalue weighted by Crippen LogP contribution is -2.21. The highest BCUT2D eigenvalue weighted by atomic mass is 35.5. The number of aliphatic hydroxyl groups is 1. The molecule has 0 aliphatic heterocycles. The summed E-state index contributed by atoms with van der Waals surface area (Å²) in [6, 6.07) is 12.6. The molecule has 0 saturated carbocycles. The van der Waals surface area contributed by atoms with Gasteiger partial charge in [-0.3, -0.25) is 4.79 Å². The summed E-state index contributed by atoms with van der Waals surface area (Å²) in [7, 11) is 0. The van der Waals surface area contributed by atoms with Crippen LogP contribution in [0.4, 0.5) is 5.69 Å². The number of hydrogen-bond acceptors (Lipinski definition) is 3. The number of carbonyl (C=O) groups excluding carboxylic acids is 1. The van der Waals surface area contributed by atoms with E-state index in [1.54, 1.807) is 24.3 Å². The Labute approximate surface area is 140 Å². The van der Waals surface area contributed by atoms with Gasteiger partial charge in [0.05, 0.1) is 6.10 Å². The number of anilines is 1. The zero-order valence-electron chi connectivity index (χ0n) is 12.6. The molecule has 1 atom stereocenters. The van der Waals surface area contributed by atoms with E-state index in [2.05, 4.69) is 5.32 Å². The van der Waals surface area contributed by atoms with Crippen LogP contribution in [0.1, 0.15) is 30.1 Å². The molecule has 0 saturated heterocycles. The van der Waals surface area contributed by atoms with Gasteiger partial charge in [0.15, 0.2) is 6.61 Å². The van der Waals surface area contributed by atoms with Crippen LogP contribution in [-0.2, 0) is 11.2 Å². The lowest BCUT2D eigenvalue weighted by atomic mass is 9.89. The highest BCUT2D eigenvalue weighted by Crippen LogP contribution is 2.35. The molecular formula is C18H18ClNO3. The third-order valence-corrected chi connectivity index (χ3v) is 4.13. The molecule has 1 unspecified atom stereocenters. The molecule has 1 amide bonds. The standard InChI is InChI=1S/C18H18ClNO3/c19-12-4-1-5-13(10-12)20-18(22)11-23-17-9-3-6-14-15(17)7-2-8-16(14)21/h1,3-6,9-10,16,21H,2,7-8,11H2,(H,20,22). The van der Waals surface area contributed by atoms with Crippen molar-refractivity contribution in [3.63, 3.8) is 0 Å². The van der Waals surface area contributed by atoms with Crippen LogP contribution >= 0.6 is 11.6 Å². The number of hydrogen-bond donors (Lipinski definition) is 2.